The Bertz CT molecular complexity index is 1350. The first-order valence-electron chi connectivity index (χ1n) is 12.8. The Morgan fingerprint density at radius 1 is 1.18 bits per heavy atom. The topological polar surface area (TPSA) is 125 Å². The van der Waals surface area contributed by atoms with Crippen molar-refractivity contribution in [3.05, 3.63) is 69.0 Å². The Balaban J connectivity index is 1.54. The van der Waals surface area contributed by atoms with Gasteiger partial charge in [-0.1, -0.05) is 23.2 Å². The van der Waals surface area contributed by atoms with Gasteiger partial charge in [-0.2, -0.15) is 0 Å². The highest BCUT2D eigenvalue weighted by atomic mass is 35.5. The van der Waals surface area contributed by atoms with Crippen molar-refractivity contribution in [1.82, 2.24) is 14.8 Å². The summed E-state index contributed by atoms with van der Waals surface area (Å²) < 4.78 is 36.0. The maximum atomic E-state index is 15.4. The Labute approximate surface area is 242 Å². The Morgan fingerprint density at radius 3 is 2.33 bits per heavy atom. The number of nitrogens with two attached hydrogens (primary N) is 2. The molecule has 0 radical (unpaired) electrons. The van der Waals surface area contributed by atoms with E-state index in [4.69, 9.17) is 44.8 Å². The fraction of sp³-hybridized carbons (Fsp3) is 0.429. The molecule has 0 bridgehead atoms. The van der Waals surface area contributed by atoms with Gasteiger partial charge in [0.25, 0.3) is 0 Å². The monoisotopic (exact) mass is 594 g/mol. The maximum Gasteiger partial charge on any atom is 0.167 e. The molecule has 40 heavy (non-hydrogen) atoms. The summed E-state index contributed by atoms with van der Waals surface area (Å²) in [5.74, 6) is -1.39. The van der Waals surface area contributed by atoms with Gasteiger partial charge in [-0.25, -0.2) is 8.78 Å². The fourth-order valence-electron chi connectivity index (χ4n) is 5.21. The van der Waals surface area contributed by atoms with E-state index in [1.54, 1.807) is 20.8 Å². The van der Waals surface area contributed by atoms with Crippen molar-refractivity contribution in [2.45, 2.75) is 51.0 Å². The van der Waals surface area contributed by atoms with Crippen LogP contribution >= 0.6 is 23.2 Å². The van der Waals surface area contributed by atoms with Crippen LogP contribution in [0.1, 0.15) is 44.9 Å². The highest BCUT2D eigenvalue weighted by Gasteiger charge is 2.52. The number of nitrogens with one attached hydrogen (secondary N) is 1. The highest BCUT2D eigenvalue weighted by molar-refractivity contribution is 6.35. The van der Waals surface area contributed by atoms with E-state index < -0.39 is 29.4 Å². The number of hydrogen-bond acceptors (Lipinski definition) is 8. The number of allylic oxidation sites excluding steroid dienone is 2. The number of halogens is 4. The van der Waals surface area contributed by atoms with Crippen LogP contribution in [0.25, 0.3) is 5.70 Å². The lowest BCUT2D eigenvalue weighted by atomic mass is 9.82. The molecule has 0 amide bonds. The summed E-state index contributed by atoms with van der Waals surface area (Å²) >= 11 is 12.4. The van der Waals surface area contributed by atoms with Crippen LogP contribution < -0.4 is 16.2 Å². The van der Waals surface area contributed by atoms with Crippen molar-refractivity contribution < 1.29 is 18.6 Å². The minimum Gasteiger partial charge on any atom is -0.483 e. The largest absolute Gasteiger partial charge is 0.483 e. The van der Waals surface area contributed by atoms with Crippen molar-refractivity contribution >= 4 is 40.8 Å². The van der Waals surface area contributed by atoms with Crippen molar-refractivity contribution in [1.29, 1.82) is 5.41 Å². The number of benzene rings is 1. The highest BCUT2D eigenvalue weighted by Crippen LogP contribution is 2.38. The van der Waals surface area contributed by atoms with E-state index in [1.165, 1.54) is 24.5 Å². The third-order valence-corrected chi connectivity index (χ3v) is 8.22. The van der Waals surface area contributed by atoms with Crippen LogP contribution in [0.2, 0.25) is 10.0 Å². The third kappa shape index (κ3) is 5.96. The van der Waals surface area contributed by atoms with Gasteiger partial charge >= 0.3 is 0 Å². The molecule has 12 heteroatoms. The van der Waals surface area contributed by atoms with Crippen LogP contribution in [0.15, 0.2) is 42.0 Å². The summed E-state index contributed by atoms with van der Waals surface area (Å²) in [5.41, 5.74) is 12.3. The number of ether oxygens (including phenoxy) is 1. The van der Waals surface area contributed by atoms with Crippen LogP contribution in [0.3, 0.4) is 0 Å². The van der Waals surface area contributed by atoms with Gasteiger partial charge in [0.1, 0.15) is 11.9 Å². The number of β-amino-alcohol motifs (C(OH)–C–C–N with tert-alkyl or cyclic N) is 1. The van der Waals surface area contributed by atoms with Crippen LogP contribution in [0, 0.1) is 11.2 Å². The van der Waals surface area contributed by atoms with E-state index >= 15 is 4.39 Å². The number of hydrogen-bond donors (Lipinski definition) is 4. The van der Waals surface area contributed by atoms with Gasteiger partial charge in [0.2, 0.25) is 0 Å². The average Bonchev–Trinajstić information content (AvgIpc) is 2.84. The maximum absolute atomic E-state index is 15.4. The van der Waals surface area contributed by atoms with E-state index in [2.05, 4.69) is 16.8 Å². The second-order valence-corrected chi connectivity index (χ2v) is 11.9. The zero-order chi connectivity index (χ0) is 29.6. The normalized spacial score (nSPS) is 21.1. The van der Waals surface area contributed by atoms with Crippen LogP contribution in [-0.2, 0) is 0 Å². The first-order valence-corrected chi connectivity index (χ1v) is 13.5. The first kappa shape index (κ1) is 30.2. The molecule has 2 fully saturated rings. The smallest absolute Gasteiger partial charge is 0.167 e. The second kappa shape index (κ2) is 11.3. The van der Waals surface area contributed by atoms with Crippen molar-refractivity contribution in [2.24, 2.45) is 5.73 Å². The predicted octanol–water partition coefficient (Wildman–Crippen LogP) is 4.95. The molecule has 1 aromatic heterocycles. The Morgan fingerprint density at radius 2 is 1.77 bits per heavy atom. The molecule has 4 rings (SSSR count). The second-order valence-electron chi connectivity index (χ2n) is 11.1. The van der Waals surface area contributed by atoms with Gasteiger partial charge < -0.3 is 26.7 Å². The molecule has 2 atom stereocenters. The molecule has 1 unspecified atom stereocenters. The molecule has 3 heterocycles. The molecular weight excluding hydrogens is 561 g/mol. The van der Waals surface area contributed by atoms with Gasteiger partial charge in [-0.3, -0.25) is 14.8 Å². The van der Waals surface area contributed by atoms with Crippen LogP contribution in [0.5, 0.6) is 5.75 Å². The number of aliphatic hydroxyl groups is 1. The minimum absolute atomic E-state index is 0.000117. The van der Waals surface area contributed by atoms with E-state index in [0.717, 1.165) is 12.3 Å². The lowest BCUT2D eigenvalue weighted by Gasteiger charge is -2.62. The van der Waals surface area contributed by atoms with Gasteiger partial charge in [-0.15, -0.1) is 0 Å². The molecular formula is C28H34Cl2F2N6O2. The van der Waals surface area contributed by atoms with Crippen molar-refractivity contribution in [2.75, 3.05) is 31.9 Å². The summed E-state index contributed by atoms with van der Waals surface area (Å²) in [6.45, 7) is 9.75. The molecule has 0 spiro atoms. The van der Waals surface area contributed by atoms with Gasteiger partial charge in [0, 0.05) is 84.5 Å². The molecule has 2 aliphatic rings. The number of rotatable bonds is 9. The first-order chi connectivity index (χ1) is 18.7. The lowest BCUT2D eigenvalue weighted by Crippen LogP contribution is -2.77. The van der Waals surface area contributed by atoms with Crippen molar-refractivity contribution in [3.8, 4) is 5.75 Å². The zero-order valence-electron chi connectivity index (χ0n) is 22.8. The summed E-state index contributed by atoms with van der Waals surface area (Å²) in [4.78, 5) is 8.09. The number of likely N-dealkylation sites (tertiary alicyclic amines) is 2. The summed E-state index contributed by atoms with van der Waals surface area (Å²) in [7, 11) is 0. The van der Waals surface area contributed by atoms with Gasteiger partial charge in [-0.05, 0) is 39.8 Å². The fourth-order valence-corrected chi connectivity index (χ4v) is 5.88. The van der Waals surface area contributed by atoms with Crippen molar-refractivity contribution in [3.63, 3.8) is 0 Å². The van der Waals surface area contributed by atoms with Crippen LogP contribution in [0.4, 0.5) is 14.5 Å². The van der Waals surface area contributed by atoms with Gasteiger partial charge in [0.05, 0.1) is 21.7 Å². The number of nitrogen functional groups attached to an aromatic ring is 1. The minimum atomic E-state index is -0.746. The third-order valence-electron chi connectivity index (χ3n) is 7.62. The molecule has 1 aromatic carbocycles. The number of aromatic nitrogens is 1. The standard InChI is InChI=1S/C28H34Cl2F2N6O2/c1-15(37-11-27(3,12-37)38-13-28(4,39)14-38)21(31)5-17(8-33)26(35)18-6-24(22(32)7-23(18)34)40-16(2)25-19(29)9-36-10-20(25)30/h5-10,15-16,33,39H,11-14,34-35H2,1-4H3/b21-5+,26-17+,33-8?/t15?,16-/m1/s1. The quantitative estimate of drug-likeness (QED) is 0.184. The van der Waals surface area contributed by atoms with E-state index in [9.17, 15) is 9.50 Å². The molecule has 6 N–H and O–H groups in total. The SMILES string of the molecule is CC(/C(F)=C\C(C=N)=C(/N)c1cc(O[C@H](C)c2c(Cl)cncc2Cl)c(F)cc1N)N1CC(C)(N2CC(C)(O)C2)C1. The van der Waals surface area contributed by atoms with Gasteiger partial charge in [0.15, 0.2) is 11.6 Å². The summed E-state index contributed by atoms with van der Waals surface area (Å²) in [6, 6.07) is 1.80. The number of anilines is 1. The molecule has 0 saturated carbocycles. The van der Waals surface area contributed by atoms with E-state index in [0.29, 0.717) is 31.7 Å². The average molecular weight is 596 g/mol. The van der Waals surface area contributed by atoms with Crippen LogP contribution in [-0.4, -0.2) is 69.5 Å². The molecule has 0 aliphatic carbocycles. The Kier molecular flexibility index (Phi) is 8.50. The zero-order valence-corrected chi connectivity index (χ0v) is 24.3. The molecule has 2 aromatic rings. The van der Waals surface area contributed by atoms with E-state index in [-0.39, 0.29) is 43.9 Å². The van der Waals surface area contributed by atoms with E-state index in [1.807, 2.05) is 4.90 Å². The number of nitrogens with zero attached hydrogens (tertiary/aromatic N) is 3. The summed E-state index contributed by atoms with van der Waals surface area (Å²) in [5, 5.41) is 18.4. The molecule has 2 aliphatic heterocycles. The molecule has 2 saturated heterocycles. The Hall–Kier alpha value is -2.76. The predicted molar refractivity (Wildman–Crippen MR) is 155 cm³/mol. The molecule has 216 valence electrons. The molecule has 8 nitrogen and oxygen atoms in total. The summed E-state index contributed by atoms with van der Waals surface area (Å²) in [6.07, 6.45) is 4.18. The lowest BCUT2D eigenvalue weighted by molar-refractivity contribution is -0.169. The number of pyridine rings is 1.